The molecule has 172 valence electrons. The van der Waals surface area contributed by atoms with Crippen molar-refractivity contribution in [2.45, 2.75) is 77.7 Å². The molecule has 1 aliphatic heterocycles. The van der Waals surface area contributed by atoms with Crippen molar-refractivity contribution >= 4 is 10.9 Å². The number of likely N-dealkylation sites (tertiary alicyclic amines) is 1. The van der Waals surface area contributed by atoms with Crippen molar-refractivity contribution in [1.29, 1.82) is 0 Å². The fourth-order valence-electron chi connectivity index (χ4n) is 5.29. The van der Waals surface area contributed by atoms with Crippen LogP contribution >= 0.6 is 0 Å². The van der Waals surface area contributed by atoms with Crippen molar-refractivity contribution in [2.75, 3.05) is 26.7 Å². The summed E-state index contributed by atoms with van der Waals surface area (Å²) in [5.74, 6) is 2.47. The number of piperidine rings is 1. The lowest BCUT2D eigenvalue weighted by Crippen LogP contribution is -2.40. The van der Waals surface area contributed by atoms with Gasteiger partial charge in [0.1, 0.15) is 5.75 Å². The van der Waals surface area contributed by atoms with Gasteiger partial charge in [0.05, 0.1) is 12.6 Å². The van der Waals surface area contributed by atoms with Gasteiger partial charge in [0.25, 0.3) is 0 Å². The molecule has 31 heavy (non-hydrogen) atoms. The number of rotatable bonds is 12. The van der Waals surface area contributed by atoms with Gasteiger partial charge in [-0.25, -0.2) is 0 Å². The molecule has 4 nitrogen and oxygen atoms in total. The first kappa shape index (κ1) is 24.0. The Morgan fingerprint density at radius 3 is 2.74 bits per heavy atom. The molecule has 1 saturated heterocycles. The lowest BCUT2D eigenvalue weighted by atomic mass is 9.79. The van der Waals surface area contributed by atoms with Crippen molar-refractivity contribution in [3.8, 4) is 5.75 Å². The second kappa shape index (κ2) is 12.4. The van der Waals surface area contributed by atoms with Crippen LogP contribution in [0.2, 0.25) is 0 Å². The van der Waals surface area contributed by atoms with E-state index in [4.69, 9.17) is 10.5 Å². The number of ether oxygens (including phenoxy) is 1. The first-order chi connectivity index (χ1) is 15.2. The van der Waals surface area contributed by atoms with Crippen LogP contribution in [0.3, 0.4) is 0 Å². The van der Waals surface area contributed by atoms with Crippen LogP contribution in [0.25, 0.3) is 10.9 Å². The van der Waals surface area contributed by atoms with E-state index >= 15 is 0 Å². The van der Waals surface area contributed by atoms with Crippen LogP contribution in [-0.4, -0.2) is 36.6 Å². The molecule has 2 aromatic rings. The zero-order valence-electron chi connectivity index (χ0n) is 20.0. The number of unbranched alkanes of at least 4 members (excludes halogenated alkanes) is 4. The first-order valence-electron chi connectivity index (χ1n) is 12.6. The van der Waals surface area contributed by atoms with E-state index in [1.165, 1.54) is 76.6 Å². The van der Waals surface area contributed by atoms with Crippen LogP contribution in [-0.2, 0) is 0 Å². The summed E-state index contributed by atoms with van der Waals surface area (Å²) in [5, 5.41) is 1.12. The maximum Gasteiger partial charge on any atom is 0.119 e. The van der Waals surface area contributed by atoms with E-state index in [0.717, 1.165) is 34.9 Å². The summed E-state index contributed by atoms with van der Waals surface area (Å²) in [6.07, 6.45) is 13.6. The molecule has 1 aliphatic rings. The highest BCUT2D eigenvalue weighted by Gasteiger charge is 2.28. The maximum atomic E-state index is 6.71. The maximum absolute atomic E-state index is 6.71. The van der Waals surface area contributed by atoms with Gasteiger partial charge < -0.3 is 15.4 Å². The van der Waals surface area contributed by atoms with E-state index in [1.807, 2.05) is 18.3 Å². The molecule has 0 amide bonds. The van der Waals surface area contributed by atoms with Crippen LogP contribution in [0.1, 0.15) is 83.2 Å². The molecule has 0 aliphatic carbocycles. The number of hydrogen-bond acceptors (Lipinski definition) is 4. The van der Waals surface area contributed by atoms with Gasteiger partial charge in [-0.3, -0.25) is 4.98 Å². The molecule has 2 heterocycles. The Kier molecular flexibility index (Phi) is 9.60. The van der Waals surface area contributed by atoms with Crippen LogP contribution in [0, 0.1) is 11.8 Å². The number of aromatic nitrogens is 1. The zero-order chi connectivity index (χ0) is 22.1. The van der Waals surface area contributed by atoms with Gasteiger partial charge in [-0.05, 0) is 80.4 Å². The van der Waals surface area contributed by atoms with Gasteiger partial charge in [0.2, 0.25) is 0 Å². The summed E-state index contributed by atoms with van der Waals surface area (Å²) in [6.45, 7) is 8.48. The van der Waals surface area contributed by atoms with Crippen LogP contribution in [0.5, 0.6) is 5.75 Å². The summed E-state index contributed by atoms with van der Waals surface area (Å²) in [4.78, 5) is 7.23. The Labute approximate surface area is 189 Å². The standard InChI is InChI=1S/C27H43N3O/c1-4-6-7-8-9-17-30-18-15-22(21(5-2)20-30)10-12-26(28)24-14-16-29-27-13-11-23(31-3)19-25(24)27/h11,13-14,16,19,21-22,26H,4-10,12,15,17-18,20,28H2,1-3H3/t21-,22+,26?/m0/s1. The third kappa shape index (κ3) is 6.66. The van der Waals surface area contributed by atoms with Gasteiger partial charge in [0, 0.05) is 24.2 Å². The molecule has 2 N–H and O–H groups in total. The molecule has 3 rings (SSSR count). The third-order valence-electron chi connectivity index (χ3n) is 7.31. The number of hydrogen-bond donors (Lipinski definition) is 1. The summed E-state index contributed by atoms with van der Waals surface area (Å²) >= 11 is 0. The monoisotopic (exact) mass is 425 g/mol. The molecule has 1 fully saturated rings. The molecular weight excluding hydrogens is 382 g/mol. The first-order valence-corrected chi connectivity index (χ1v) is 12.6. The highest BCUT2D eigenvalue weighted by molar-refractivity contribution is 5.83. The van der Waals surface area contributed by atoms with Gasteiger partial charge in [-0.2, -0.15) is 0 Å². The summed E-state index contributed by atoms with van der Waals surface area (Å²) in [5.41, 5.74) is 8.90. The van der Waals surface area contributed by atoms with Crippen molar-refractivity contribution in [2.24, 2.45) is 17.6 Å². The Balaban J connectivity index is 1.53. The highest BCUT2D eigenvalue weighted by Crippen LogP contribution is 2.34. The van der Waals surface area contributed by atoms with Gasteiger partial charge in [0.15, 0.2) is 0 Å². The smallest absolute Gasteiger partial charge is 0.119 e. The van der Waals surface area contributed by atoms with Crippen molar-refractivity contribution in [3.63, 3.8) is 0 Å². The largest absolute Gasteiger partial charge is 0.497 e. The van der Waals surface area contributed by atoms with Gasteiger partial charge in [-0.15, -0.1) is 0 Å². The summed E-state index contributed by atoms with van der Waals surface area (Å²) in [7, 11) is 1.71. The minimum absolute atomic E-state index is 0.0479. The molecule has 0 saturated carbocycles. The molecule has 3 atom stereocenters. The van der Waals surface area contributed by atoms with Crippen LogP contribution in [0.4, 0.5) is 0 Å². The van der Waals surface area contributed by atoms with E-state index in [0.29, 0.717) is 0 Å². The number of pyridine rings is 1. The molecule has 0 spiro atoms. The lowest BCUT2D eigenvalue weighted by molar-refractivity contribution is 0.106. The van der Waals surface area contributed by atoms with Crippen molar-refractivity contribution < 1.29 is 4.74 Å². The Morgan fingerprint density at radius 1 is 1.13 bits per heavy atom. The highest BCUT2D eigenvalue weighted by atomic mass is 16.5. The second-order valence-electron chi connectivity index (χ2n) is 9.40. The average molecular weight is 426 g/mol. The summed E-state index contributed by atoms with van der Waals surface area (Å²) in [6, 6.07) is 8.20. The van der Waals surface area contributed by atoms with E-state index in [2.05, 4.69) is 35.9 Å². The lowest BCUT2D eigenvalue weighted by Gasteiger charge is -2.39. The summed E-state index contributed by atoms with van der Waals surface area (Å²) < 4.78 is 5.42. The number of fused-ring (bicyclic) bond motifs is 1. The number of methoxy groups -OCH3 is 1. The minimum Gasteiger partial charge on any atom is -0.497 e. The molecule has 1 aromatic heterocycles. The second-order valence-corrected chi connectivity index (χ2v) is 9.40. The van der Waals surface area contributed by atoms with Crippen molar-refractivity contribution in [3.05, 3.63) is 36.0 Å². The van der Waals surface area contributed by atoms with Crippen LogP contribution in [0.15, 0.2) is 30.5 Å². The van der Waals surface area contributed by atoms with Gasteiger partial charge in [-0.1, -0.05) is 46.0 Å². The predicted octanol–water partition coefficient (Wildman–Crippen LogP) is 6.34. The molecular formula is C27H43N3O. The fraction of sp³-hybridized carbons (Fsp3) is 0.667. The fourth-order valence-corrected chi connectivity index (χ4v) is 5.29. The normalized spacial score (nSPS) is 20.8. The molecule has 0 bridgehead atoms. The number of nitrogens with two attached hydrogens (primary N) is 1. The number of benzene rings is 1. The predicted molar refractivity (Wildman–Crippen MR) is 132 cm³/mol. The SMILES string of the molecule is CCCCCCCN1CC[C@@H](CCC(N)c2ccnc3ccc(OC)cc23)[C@@H](CC)C1. The quantitative estimate of drug-likeness (QED) is 0.403. The van der Waals surface area contributed by atoms with Gasteiger partial charge >= 0.3 is 0 Å². The molecule has 1 unspecified atom stereocenters. The average Bonchev–Trinajstić information content (AvgIpc) is 2.81. The van der Waals surface area contributed by atoms with E-state index < -0.39 is 0 Å². The zero-order valence-corrected chi connectivity index (χ0v) is 20.0. The topological polar surface area (TPSA) is 51.4 Å². The third-order valence-corrected chi connectivity index (χ3v) is 7.31. The Morgan fingerprint density at radius 2 is 1.97 bits per heavy atom. The molecule has 4 heteroatoms. The van der Waals surface area contributed by atoms with E-state index in [9.17, 15) is 0 Å². The Bertz CT molecular complexity index is 793. The van der Waals surface area contributed by atoms with E-state index in [-0.39, 0.29) is 6.04 Å². The molecule has 0 radical (unpaired) electrons. The van der Waals surface area contributed by atoms with Crippen molar-refractivity contribution in [1.82, 2.24) is 9.88 Å². The number of nitrogens with zero attached hydrogens (tertiary/aromatic N) is 2. The van der Waals surface area contributed by atoms with E-state index in [1.54, 1.807) is 7.11 Å². The Hall–Kier alpha value is -1.65. The molecule has 1 aromatic carbocycles. The van der Waals surface area contributed by atoms with Crippen LogP contribution < -0.4 is 10.5 Å². The minimum atomic E-state index is 0.0479.